The van der Waals surface area contributed by atoms with E-state index < -0.39 is 11.5 Å². The Balaban J connectivity index is 2.86. The molecule has 3 atom stereocenters. The number of hydrogen-bond acceptors (Lipinski definition) is 4. The summed E-state index contributed by atoms with van der Waals surface area (Å²) in [6.45, 7) is 8.77. The van der Waals surface area contributed by atoms with Crippen LogP contribution >= 0.6 is 0 Å². The van der Waals surface area contributed by atoms with Crippen molar-refractivity contribution in [2.75, 3.05) is 20.8 Å². The van der Waals surface area contributed by atoms with E-state index in [4.69, 9.17) is 14.2 Å². The van der Waals surface area contributed by atoms with Crippen molar-refractivity contribution in [1.29, 1.82) is 0 Å². The molecule has 1 aromatic rings. The second-order valence-corrected chi connectivity index (χ2v) is 6.70. The van der Waals surface area contributed by atoms with E-state index in [0.29, 0.717) is 26.1 Å². The van der Waals surface area contributed by atoms with Crippen LogP contribution in [0.1, 0.15) is 32.3 Å². The highest BCUT2D eigenvalue weighted by molar-refractivity contribution is 5.13. The van der Waals surface area contributed by atoms with Gasteiger partial charge in [-0.2, -0.15) is 0 Å². The van der Waals surface area contributed by atoms with Crippen LogP contribution in [0, 0.1) is 5.41 Å². The van der Waals surface area contributed by atoms with Gasteiger partial charge in [0.25, 0.3) is 0 Å². The van der Waals surface area contributed by atoms with Gasteiger partial charge in [0.2, 0.25) is 0 Å². The summed E-state index contributed by atoms with van der Waals surface area (Å²) in [5.41, 5.74) is 0.672. The van der Waals surface area contributed by atoms with Gasteiger partial charge in [-0.05, 0) is 12.0 Å². The lowest BCUT2D eigenvalue weighted by molar-refractivity contribution is -0.116. The Hall–Kier alpha value is -1.20. The zero-order valence-electron chi connectivity index (χ0n) is 15.4. The number of rotatable bonds is 12. The van der Waals surface area contributed by atoms with E-state index in [0.717, 1.165) is 5.56 Å². The number of methoxy groups -OCH3 is 2. The topological polar surface area (TPSA) is 47.9 Å². The second kappa shape index (κ2) is 10.6. The molecule has 1 aromatic carbocycles. The summed E-state index contributed by atoms with van der Waals surface area (Å²) in [7, 11) is 3.33. The van der Waals surface area contributed by atoms with Crippen molar-refractivity contribution in [3.63, 3.8) is 0 Å². The molecule has 0 fully saturated rings. The van der Waals surface area contributed by atoms with Crippen LogP contribution in [-0.4, -0.2) is 44.2 Å². The van der Waals surface area contributed by atoms with Crippen LogP contribution in [-0.2, 0) is 20.8 Å². The average Bonchev–Trinajstić information content (AvgIpc) is 2.58. The van der Waals surface area contributed by atoms with Crippen molar-refractivity contribution < 1.29 is 19.3 Å². The van der Waals surface area contributed by atoms with Crippen molar-refractivity contribution in [3.8, 4) is 0 Å². The second-order valence-electron chi connectivity index (χ2n) is 6.70. The molecule has 0 saturated carbocycles. The Morgan fingerprint density at radius 3 is 2.42 bits per heavy atom. The maximum absolute atomic E-state index is 10.5. The molecule has 24 heavy (non-hydrogen) atoms. The van der Waals surface area contributed by atoms with Crippen LogP contribution in [0.25, 0.3) is 0 Å². The Bertz CT molecular complexity index is 458. The summed E-state index contributed by atoms with van der Waals surface area (Å²) in [6.07, 6.45) is 2.14. The number of aliphatic hydroxyl groups excluding tert-OH is 1. The maximum Gasteiger partial charge on any atom is 0.0829 e. The molecule has 0 saturated heterocycles. The molecule has 0 aliphatic heterocycles. The minimum atomic E-state index is -0.532. The van der Waals surface area contributed by atoms with Gasteiger partial charge in [-0.25, -0.2) is 0 Å². The van der Waals surface area contributed by atoms with Gasteiger partial charge in [0.15, 0.2) is 0 Å². The third kappa shape index (κ3) is 6.36. The lowest BCUT2D eigenvalue weighted by atomic mass is 9.77. The van der Waals surface area contributed by atoms with Gasteiger partial charge < -0.3 is 19.3 Å². The largest absolute Gasteiger partial charge is 0.392 e. The van der Waals surface area contributed by atoms with Crippen LogP contribution < -0.4 is 0 Å². The fourth-order valence-corrected chi connectivity index (χ4v) is 2.69. The molecule has 1 rings (SSSR count). The molecule has 0 amide bonds. The van der Waals surface area contributed by atoms with Gasteiger partial charge >= 0.3 is 0 Å². The molecular weight excluding hydrogens is 304 g/mol. The molecule has 4 heteroatoms. The van der Waals surface area contributed by atoms with Gasteiger partial charge in [-0.3, -0.25) is 0 Å². The minimum absolute atomic E-state index is 0.0778. The molecule has 4 nitrogen and oxygen atoms in total. The van der Waals surface area contributed by atoms with Crippen LogP contribution in [0.15, 0.2) is 43.0 Å². The Morgan fingerprint density at radius 2 is 1.88 bits per heavy atom. The third-order valence-corrected chi connectivity index (χ3v) is 4.54. The van der Waals surface area contributed by atoms with Crippen LogP contribution in [0.2, 0.25) is 0 Å². The maximum atomic E-state index is 10.5. The van der Waals surface area contributed by atoms with E-state index in [2.05, 4.69) is 6.58 Å². The first kappa shape index (κ1) is 20.8. The van der Waals surface area contributed by atoms with Crippen LogP contribution in [0.5, 0.6) is 0 Å². The normalized spacial score (nSPS) is 15.7. The molecule has 0 radical (unpaired) electrons. The summed E-state index contributed by atoms with van der Waals surface area (Å²) < 4.78 is 16.9. The standard InChI is InChI=1S/C20H32O4/c1-6-10-18(21)20(2,3)19(13-17(23-5)15-22-4)24-14-16-11-8-7-9-12-16/h6-9,11-12,17-19,21H,1,10,13-15H2,2-5H3/t17?,18-,19-/m1/s1. The first-order chi connectivity index (χ1) is 11.5. The minimum Gasteiger partial charge on any atom is -0.392 e. The first-order valence-electron chi connectivity index (χ1n) is 8.41. The van der Waals surface area contributed by atoms with Crippen molar-refractivity contribution in [3.05, 3.63) is 48.6 Å². The highest BCUT2D eigenvalue weighted by atomic mass is 16.5. The van der Waals surface area contributed by atoms with E-state index in [1.165, 1.54) is 0 Å². The summed E-state index contributed by atoms with van der Waals surface area (Å²) in [4.78, 5) is 0. The van der Waals surface area contributed by atoms with Gasteiger partial charge in [-0.1, -0.05) is 50.3 Å². The van der Waals surface area contributed by atoms with E-state index in [1.807, 2.05) is 44.2 Å². The summed E-state index contributed by atoms with van der Waals surface area (Å²) in [5, 5.41) is 10.5. The highest BCUT2D eigenvalue weighted by Gasteiger charge is 2.38. The van der Waals surface area contributed by atoms with Gasteiger partial charge in [0.1, 0.15) is 0 Å². The fraction of sp³-hybridized carbons (Fsp3) is 0.600. The zero-order chi connectivity index (χ0) is 18.0. The summed E-state index contributed by atoms with van der Waals surface area (Å²) in [5.74, 6) is 0. The van der Waals surface area contributed by atoms with E-state index in [1.54, 1.807) is 20.3 Å². The van der Waals surface area contributed by atoms with Crippen LogP contribution in [0.3, 0.4) is 0 Å². The number of aliphatic hydroxyl groups is 1. The number of hydrogen-bond donors (Lipinski definition) is 1. The lowest BCUT2D eigenvalue weighted by Crippen LogP contribution is -2.44. The van der Waals surface area contributed by atoms with Crippen LogP contribution in [0.4, 0.5) is 0 Å². The molecule has 0 heterocycles. The molecule has 0 bridgehead atoms. The quantitative estimate of drug-likeness (QED) is 0.593. The van der Waals surface area contributed by atoms with Gasteiger partial charge in [0, 0.05) is 26.1 Å². The SMILES string of the molecule is C=CC[C@@H](O)C(C)(C)[C@@H](CC(COC)OC)OCc1ccccc1. The highest BCUT2D eigenvalue weighted by Crippen LogP contribution is 2.33. The molecule has 1 unspecified atom stereocenters. The third-order valence-electron chi connectivity index (χ3n) is 4.54. The smallest absolute Gasteiger partial charge is 0.0829 e. The molecule has 136 valence electrons. The van der Waals surface area contributed by atoms with Crippen molar-refractivity contribution in [1.82, 2.24) is 0 Å². The monoisotopic (exact) mass is 336 g/mol. The molecule has 0 aliphatic rings. The van der Waals surface area contributed by atoms with E-state index >= 15 is 0 Å². The van der Waals surface area contributed by atoms with Crippen molar-refractivity contribution in [2.45, 2.75) is 51.6 Å². The summed E-state index contributed by atoms with van der Waals surface area (Å²) >= 11 is 0. The summed E-state index contributed by atoms with van der Waals surface area (Å²) in [6, 6.07) is 10.0. The molecule has 0 aliphatic carbocycles. The van der Waals surface area contributed by atoms with Gasteiger partial charge in [0.05, 0.1) is 31.5 Å². The number of benzene rings is 1. The van der Waals surface area contributed by atoms with E-state index in [9.17, 15) is 5.11 Å². The lowest BCUT2D eigenvalue weighted by Gasteiger charge is -2.39. The van der Waals surface area contributed by atoms with Gasteiger partial charge in [-0.15, -0.1) is 6.58 Å². The van der Waals surface area contributed by atoms with Crippen molar-refractivity contribution >= 4 is 0 Å². The predicted molar refractivity (Wildman–Crippen MR) is 96.9 cm³/mol. The average molecular weight is 336 g/mol. The zero-order valence-corrected chi connectivity index (χ0v) is 15.4. The Labute approximate surface area is 146 Å². The van der Waals surface area contributed by atoms with Crippen molar-refractivity contribution in [2.24, 2.45) is 5.41 Å². The predicted octanol–water partition coefficient (Wildman–Crippen LogP) is 3.59. The first-order valence-corrected chi connectivity index (χ1v) is 8.41. The fourth-order valence-electron chi connectivity index (χ4n) is 2.69. The molecule has 0 spiro atoms. The molecule has 0 aromatic heterocycles. The molecular formula is C20H32O4. The molecule has 1 N–H and O–H groups in total. The Morgan fingerprint density at radius 1 is 1.21 bits per heavy atom. The van der Waals surface area contributed by atoms with E-state index in [-0.39, 0.29) is 12.2 Å². The number of ether oxygens (including phenoxy) is 3. The Kier molecular flexibility index (Phi) is 9.22.